The molecular formula is C26H37N5O5. The van der Waals surface area contributed by atoms with Crippen molar-refractivity contribution in [2.24, 2.45) is 11.8 Å². The van der Waals surface area contributed by atoms with Gasteiger partial charge in [-0.15, -0.1) is 0 Å². The van der Waals surface area contributed by atoms with Crippen LogP contribution in [0, 0.1) is 11.8 Å². The quantitative estimate of drug-likeness (QED) is 0.628. The third kappa shape index (κ3) is 5.48. The SMILES string of the molecule is CCCn1c(C(=O)N(CC(C)C)[C@H]2C[C@@H](C(=O)N3CCOCC3)CN(C(=O)O)C2)nc2ccccc21. The molecule has 2 saturated heterocycles. The van der Waals surface area contributed by atoms with Gasteiger partial charge in [-0.25, -0.2) is 9.78 Å². The summed E-state index contributed by atoms with van der Waals surface area (Å²) >= 11 is 0. The van der Waals surface area contributed by atoms with Gasteiger partial charge in [0.1, 0.15) is 0 Å². The van der Waals surface area contributed by atoms with Gasteiger partial charge in [-0.2, -0.15) is 0 Å². The predicted molar refractivity (Wildman–Crippen MR) is 135 cm³/mol. The van der Waals surface area contributed by atoms with Crippen molar-refractivity contribution in [3.05, 3.63) is 30.1 Å². The van der Waals surface area contributed by atoms with Crippen molar-refractivity contribution < 1.29 is 24.2 Å². The summed E-state index contributed by atoms with van der Waals surface area (Å²) in [5, 5.41) is 9.86. The number of rotatable bonds is 7. The number of para-hydroxylation sites is 2. The highest BCUT2D eigenvalue weighted by Crippen LogP contribution is 2.27. The lowest BCUT2D eigenvalue weighted by molar-refractivity contribution is -0.142. The van der Waals surface area contributed by atoms with Crippen LogP contribution in [-0.4, -0.2) is 99.2 Å². The van der Waals surface area contributed by atoms with Gasteiger partial charge in [-0.3, -0.25) is 9.59 Å². The number of benzene rings is 1. The Labute approximate surface area is 211 Å². The summed E-state index contributed by atoms with van der Waals surface area (Å²) in [6.45, 7) is 9.51. The largest absolute Gasteiger partial charge is 0.465 e. The van der Waals surface area contributed by atoms with E-state index >= 15 is 0 Å². The molecule has 0 bridgehead atoms. The fraction of sp³-hybridized carbons (Fsp3) is 0.615. The number of fused-ring (bicyclic) bond motifs is 1. The van der Waals surface area contributed by atoms with Crippen molar-refractivity contribution in [2.45, 2.75) is 46.2 Å². The maximum atomic E-state index is 14.1. The molecule has 2 aliphatic rings. The third-order valence-corrected chi connectivity index (χ3v) is 6.93. The highest BCUT2D eigenvalue weighted by molar-refractivity contribution is 5.95. The molecule has 10 nitrogen and oxygen atoms in total. The minimum atomic E-state index is -1.07. The second-order valence-corrected chi connectivity index (χ2v) is 10.1. The molecular weight excluding hydrogens is 462 g/mol. The van der Waals surface area contributed by atoms with Gasteiger partial charge in [-0.05, 0) is 30.9 Å². The van der Waals surface area contributed by atoms with E-state index in [-0.39, 0.29) is 30.8 Å². The lowest BCUT2D eigenvalue weighted by Crippen LogP contribution is -2.58. The summed E-state index contributed by atoms with van der Waals surface area (Å²) in [6.07, 6.45) is 0.193. The van der Waals surface area contributed by atoms with Crippen LogP contribution in [0.1, 0.15) is 44.2 Å². The molecule has 196 valence electrons. The molecule has 0 saturated carbocycles. The molecule has 0 radical (unpaired) electrons. The summed E-state index contributed by atoms with van der Waals surface area (Å²) in [5.41, 5.74) is 1.67. The van der Waals surface area contributed by atoms with Gasteiger partial charge >= 0.3 is 6.09 Å². The molecule has 4 rings (SSSR count). The zero-order valence-corrected chi connectivity index (χ0v) is 21.4. The second-order valence-electron chi connectivity index (χ2n) is 10.1. The molecule has 3 amide bonds. The normalized spacial score (nSPS) is 20.7. The number of aryl methyl sites for hydroxylation is 1. The first kappa shape index (κ1) is 25.9. The molecule has 1 N–H and O–H groups in total. The van der Waals surface area contributed by atoms with Gasteiger partial charge in [0.15, 0.2) is 5.82 Å². The van der Waals surface area contributed by atoms with Gasteiger partial charge in [0.2, 0.25) is 5.91 Å². The van der Waals surface area contributed by atoms with Crippen LogP contribution >= 0.6 is 0 Å². The molecule has 0 aliphatic carbocycles. The average molecular weight is 500 g/mol. The number of aromatic nitrogens is 2. The van der Waals surface area contributed by atoms with Crippen LogP contribution < -0.4 is 0 Å². The number of hydrogen-bond acceptors (Lipinski definition) is 5. The highest BCUT2D eigenvalue weighted by atomic mass is 16.5. The Hall–Kier alpha value is -3.14. The summed E-state index contributed by atoms with van der Waals surface area (Å²) in [7, 11) is 0. The van der Waals surface area contributed by atoms with E-state index in [4.69, 9.17) is 4.74 Å². The maximum Gasteiger partial charge on any atom is 0.407 e. The molecule has 10 heteroatoms. The number of ether oxygens (including phenoxy) is 1. The van der Waals surface area contributed by atoms with Crippen LogP contribution in [0.25, 0.3) is 11.0 Å². The number of imidazole rings is 1. The highest BCUT2D eigenvalue weighted by Gasteiger charge is 2.40. The minimum Gasteiger partial charge on any atom is -0.465 e. The number of amides is 3. The van der Waals surface area contributed by atoms with Crippen molar-refractivity contribution in [3.8, 4) is 0 Å². The first-order valence-electron chi connectivity index (χ1n) is 12.9. The average Bonchev–Trinajstić information content (AvgIpc) is 3.25. The molecule has 0 spiro atoms. The molecule has 1 aromatic heterocycles. The van der Waals surface area contributed by atoms with Gasteiger partial charge in [0.25, 0.3) is 5.91 Å². The van der Waals surface area contributed by atoms with Gasteiger partial charge in [0.05, 0.1) is 36.2 Å². The molecule has 2 fully saturated rings. The zero-order valence-electron chi connectivity index (χ0n) is 21.4. The topological polar surface area (TPSA) is 108 Å². The molecule has 36 heavy (non-hydrogen) atoms. The summed E-state index contributed by atoms with van der Waals surface area (Å²) < 4.78 is 7.33. The number of piperidine rings is 1. The molecule has 2 atom stereocenters. The molecule has 2 aromatic rings. The molecule has 0 unspecified atom stereocenters. The maximum absolute atomic E-state index is 14.1. The summed E-state index contributed by atoms with van der Waals surface area (Å²) in [6, 6.07) is 7.28. The Morgan fingerprint density at radius 1 is 1.14 bits per heavy atom. The monoisotopic (exact) mass is 499 g/mol. The van der Waals surface area contributed by atoms with E-state index in [2.05, 4.69) is 11.9 Å². The van der Waals surface area contributed by atoms with Crippen LogP contribution in [0.5, 0.6) is 0 Å². The Balaban J connectivity index is 1.67. The number of carboxylic acid groups (broad SMARTS) is 1. The van der Waals surface area contributed by atoms with Crippen molar-refractivity contribution in [2.75, 3.05) is 45.9 Å². The van der Waals surface area contributed by atoms with E-state index in [0.717, 1.165) is 17.5 Å². The molecule has 2 aliphatic heterocycles. The summed E-state index contributed by atoms with van der Waals surface area (Å²) in [4.78, 5) is 48.9. The van der Waals surface area contributed by atoms with Crippen LogP contribution in [0.3, 0.4) is 0 Å². The van der Waals surface area contributed by atoms with Gasteiger partial charge < -0.3 is 29.1 Å². The Bertz CT molecular complexity index is 1090. The van der Waals surface area contributed by atoms with E-state index in [1.807, 2.05) is 42.7 Å². The Morgan fingerprint density at radius 3 is 2.53 bits per heavy atom. The lowest BCUT2D eigenvalue weighted by Gasteiger charge is -2.43. The molecule has 1 aromatic carbocycles. The number of likely N-dealkylation sites (tertiary alicyclic amines) is 1. The van der Waals surface area contributed by atoms with Crippen LogP contribution in [-0.2, 0) is 16.1 Å². The third-order valence-electron chi connectivity index (χ3n) is 6.93. The zero-order chi connectivity index (χ0) is 25.8. The second kappa shape index (κ2) is 11.3. The Kier molecular flexibility index (Phi) is 8.13. The number of carbonyl (C=O) groups excluding carboxylic acids is 2. The number of carbonyl (C=O) groups is 3. The number of nitrogens with zero attached hydrogens (tertiary/aromatic N) is 5. The van der Waals surface area contributed by atoms with E-state index in [0.29, 0.717) is 51.6 Å². The van der Waals surface area contributed by atoms with Crippen molar-refractivity contribution in [1.82, 2.24) is 24.3 Å². The fourth-order valence-electron chi connectivity index (χ4n) is 5.28. The first-order chi connectivity index (χ1) is 17.3. The Morgan fingerprint density at radius 2 is 1.86 bits per heavy atom. The van der Waals surface area contributed by atoms with Crippen molar-refractivity contribution in [1.29, 1.82) is 0 Å². The van der Waals surface area contributed by atoms with E-state index in [9.17, 15) is 19.5 Å². The fourth-order valence-corrected chi connectivity index (χ4v) is 5.28. The van der Waals surface area contributed by atoms with Crippen molar-refractivity contribution in [3.63, 3.8) is 0 Å². The van der Waals surface area contributed by atoms with Gasteiger partial charge in [-0.1, -0.05) is 32.9 Å². The van der Waals surface area contributed by atoms with Crippen LogP contribution in [0.2, 0.25) is 0 Å². The van der Waals surface area contributed by atoms with Crippen LogP contribution in [0.15, 0.2) is 24.3 Å². The standard InChI is InChI=1S/C26H37N5O5/c1-4-9-30-22-8-6-5-7-21(22)27-23(30)25(33)31(15-18(2)3)20-14-19(16-29(17-20)26(34)35)24(32)28-10-12-36-13-11-28/h5-8,18-20H,4,9-17H2,1-3H3,(H,34,35)/t19-,20+/m1/s1. The van der Waals surface area contributed by atoms with Gasteiger partial charge in [0, 0.05) is 39.3 Å². The van der Waals surface area contributed by atoms with Crippen LogP contribution in [0.4, 0.5) is 4.79 Å². The number of hydrogen-bond donors (Lipinski definition) is 1. The summed E-state index contributed by atoms with van der Waals surface area (Å²) in [5.74, 6) is -0.267. The first-order valence-corrected chi connectivity index (χ1v) is 12.9. The van der Waals surface area contributed by atoms with E-state index < -0.39 is 18.1 Å². The molecule has 3 heterocycles. The smallest absolute Gasteiger partial charge is 0.407 e. The van der Waals surface area contributed by atoms with E-state index in [1.165, 1.54) is 4.90 Å². The van der Waals surface area contributed by atoms with E-state index in [1.54, 1.807) is 9.80 Å². The van der Waals surface area contributed by atoms with Crippen molar-refractivity contribution >= 4 is 28.9 Å². The lowest BCUT2D eigenvalue weighted by atomic mass is 9.91. The number of morpholine rings is 1. The minimum absolute atomic E-state index is 0.0654. The predicted octanol–water partition coefficient (Wildman–Crippen LogP) is 2.77.